The number of benzene rings is 1. The molecule has 0 bridgehead atoms. The maximum atomic E-state index is 12.0. The average molecular weight is 377 g/mol. The van der Waals surface area contributed by atoms with E-state index in [0.717, 1.165) is 22.5 Å². The highest BCUT2D eigenvalue weighted by molar-refractivity contribution is 5.72. The number of hydrogen-bond acceptors (Lipinski definition) is 6. The molecule has 0 aliphatic heterocycles. The highest BCUT2D eigenvalue weighted by Gasteiger charge is 2.09. The molecule has 0 spiro atoms. The van der Waals surface area contributed by atoms with Crippen LogP contribution in [0, 0.1) is 17.0 Å². The molecular formula is C21H19N3O4. The van der Waals surface area contributed by atoms with Gasteiger partial charge in [0.05, 0.1) is 16.3 Å². The molecule has 0 radical (unpaired) electrons. The Balaban J connectivity index is 1.52. The molecule has 0 aliphatic carbocycles. The molecule has 0 saturated carbocycles. The first-order valence-electron chi connectivity index (χ1n) is 8.84. The molecule has 0 saturated heterocycles. The third-order valence-electron chi connectivity index (χ3n) is 4.13. The van der Waals surface area contributed by atoms with Crippen LogP contribution < -0.4 is 4.74 Å². The number of rotatable bonds is 7. The minimum atomic E-state index is -0.499. The van der Waals surface area contributed by atoms with Crippen molar-refractivity contribution in [3.63, 3.8) is 0 Å². The van der Waals surface area contributed by atoms with Crippen LogP contribution in [-0.2, 0) is 11.2 Å². The van der Waals surface area contributed by atoms with Crippen LogP contribution in [0.25, 0.3) is 11.4 Å². The first-order valence-corrected chi connectivity index (χ1v) is 8.84. The lowest BCUT2D eigenvalue weighted by Crippen LogP contribution is -2.08. The largest absolute Gasteiger partial charge is 0.427 e. The molecule has 0 fully saturated rings. The van der Waals surface area contributed by atoms with Gasteiger partial charge in [-0.2, -0.15) is 0 Å². The maximum Gasteiger partial charge on any atom is 0.311 e. The predicted molar refractivity (Wildman–Crippen MR) is 104 cm³/mol. The van der Waals surface area contributed by atoms with Crippen LogP contribution in [0.2, 0.25) is 0 Å². The summed E-state index contributed by atoms with van der Waals surface area (Å²) in [5, 5.41) is 10.6. The molecular weight excluding hydrogens is 358 g/mol. The zero-order chi connectivity index (χ0) is 19.9. The van der Waals surface area contributed by atoms with Gasteiger partial charge in [-0.3, -0.25) is 24.9 Å². The van der Waals surface area contributed by atoms with E-state index in [-0.39, 0.29) is 18.1 Å². The summed E-state index contributed by atoms with van der Waals surface area (Å²) < 4.78 is 5.21. The van der Waals surface area contributed by atoms with E-state index in [4.69, 9.17) is 4.74 Å². The molecule has 3 aromatic rings. The standard InChI is InChI=1S/C21H19N3O4/c1-15-9-11-22-19(13-15)20-14-16(10-12-23-20)3-2-4-21(25)28-18-7-5-17(6-8-18)24(26)27/h5-14H,2-4H2,1H3. The molecule has 0 N–H and O–H groups in total. The van der Waals surface area contributed by atoms with E-state index in [1.165, 1.54) is 24.3 Å². The predicted octanol–water partition coefficient (Wildman–Crippen LogP) is 4.29. The van der Waals surface area contributed by atoms with Crippen LogP contribution in [0.15, 0.2) is 60.9 Å². The van der Waals surface area contributed by atoms with Gasteiger partial charge in [0.1, 0.15) is 5.75 Å². The summed E-state index contributed by atoms with van der Waals surface area (Å²) in [5.41, 5.74) is 3.76. The second kappa shape index (κ2) is 8.85. The highest BCUT2D eigenvalue weighted by Crippen LogP contribution is 2.19. The number of esters is 1. The van der Waals surface area contributed by atoms with Gasteiger partial charge < -0.3 is 4.74 Å². The summed E-state index contributed by atoms with van der Waals surface area (Å²) in [6, 6.07) is 13.3. The van der Waals surface area contributed by atoms with Crippen LogP contribution in [0.3, 0.4) is 0 Å². The summed E-state index contributed by atoms with van der Waals surface area (Å²) in [5.74, 6) is -0.0733. The number of nitrogens with zero attached hydrogens (tertiary/aromatic N) is 3. The molecule has 0 amide bonds. The minimum Gasteiger partial charge on any atom is -0.427 e. The number of nitro groups is 1. The minimum absolute atomic E-state index is 0.0450. The molecule has 2 heterocycles. The van der Waals surface area contributed by atoms with E-state index in [1.807, 2.05) is 31.2 Å². The fourth-order valence-electron chi connectivity index (χ4n) is 2.70. The van der Waals surface area contributed by atoms with E-state index in [9.17, 15) is 14.9 Å². The van der Waals surface area contributed by atoms with Crippen LogP contribution in [0.4, 0.5) is 5.69 Å². The monoisotopic (exact) mass is 377 g/mol. The Labute approximate surface area is 162 Å². The number of non-ortho nitro benzene ring substituents is 1. The van der Waals surface area contributed by atoms with Crippen LogP contribution in [0.5, 0.6) is 5.75 Å². The number of aryl methyl sites for hydroxylation is 2. The molecule has 28 heavy (non-hydrogen) atoms. The smallest absolute Gasteiger partial charge is 0.311 e. The van der Waals surface area contributed by atoms with Crippen molar-refractivity contribution in [2.24, 2.45) is 0 Å². The summed E-state index contributed by atoms with van der Waals surface area (Å²) in [6.07, 6.45) is 5.07. The number of aromatic nitrogens is 2. The topological polar surface area (TPSA) is 95.2 Å². The normalized spacial score (nSPS) is 10.5. The fourth-order valence-corrected chi connectivity index (χ4v) is 2.70. The number of carbonyl (C=O) groups excluding carboxylic acids is 1. The van der Waals surface area contributed by atoms with E-state index >= 15 is 0 Å². The third kappa shape index (κ3) is 5.20. The van der Waals surface area contributed by atoms with Gasteiger partial charge in [0.25, 0.3) is 5.69 Å². The van der Waals surface area contributed by atoms with Gasteiger partial charge >= 0.3 is 5.97 Å². The highest BCUT2D eigenvalue weighted by atomic mass is 16.6. The molecule has 0 unspecified atom stereocenters. The van der Waals surface area contributed by atoms with Crippen LogP contribution in [-0.4, -0.2) is 20.9 Å². The van der Waals surface area contributed by atoms with Gasteiger partial charge in [0.2, 0.25) is 0 Å². The van der Waals surface area contributed by atoms with Gasteiger partial charge in [-0.25, -0.2) is 0 Å². The Kier molecular flexibility index (Phi) is 6.06. The van der Waals surface area contributed by atoms with E-state index in [0.29, 0.717) is 18.6 Å². The van der Waals surface area contributed by atoms with Gasteiger partial charge in [0.15, 0.2) is 0 Å². The van der Waals surface area contributed by atoms with Crippen molar-refractivity contribution in [2.75, 3.05) is 0 Å². The van der Waals surface area contributed by atoms with E-state index in [2.05, 4.69) is 9.97 Å². The van der Waals surface area contributed by atoms with Crippen molar-refractivity contribution in [3.05, 3.63) is 82.2 Å². The average Bonchev–Trinajstić information content (AvgIpc) is 2.68. The van der Waals surface area contributed by atoms with E-state index < -0.39 is 4.92 Å². The van der Waals surface area contributed by atoms with Crippen molar-refractivity contribution in [1.82, 2.24) is 9.97 Å². The van der Waals surface area contributed by atoms with Crippen molar-refractivity contribution >= 4 is 11.7 Å². The number of carbonyl (C=O) groups is 1. The van der Waals surface area contributed by atoms with Crippen molar-refractivity contribution in [3.8, 4) is 17.1 Å². The Morgan fingerprint density at radius 1 is 1.04 bits per heavy atom. The summed E-state index contributed by atoms with van der Waals surface area (Å²) in [4.78, 5) is 30.8. The first-order chi connectivity index (χ1) is 13.5. The third-order valence-corrected chi connectivity index (χ3v) is 4.13. The van der Waals surface area contributed by atoms with Crippen molar-refractivity contribution in [1.29, 1.82) is 0 Å². The molecule has 0 atom stereocenters. The Morgan fingerprint density at radius 2 is 1.71 bits per heavy atom. The van der Waals surface area contributed by atoms with Crippen LogP contribution >= 0.6 is 0 Å². The number of ether oxygens (including phenoxy) is 1. The quantitative estimate of drug-likeness (QED) is 0.264. The SMILES string of the molecule is Cc1ccnc(-c2cc(CCCC(=O)Oc3ccc([N+](=O)[O-])cc3)ccn2)c1. The van der Waals surface area contributed by atoms with Gasteiger partial charge in [-0.1, -0.05) is 0 Å². The Bertz CT molecular complexity index is 987. The Morgan fingerprint density at radius 3 is 2.39 bits per heavy atom. The molecule has 3 rings (SSSR count). The maximum absolute atomic E-state index is 12.0. The second-order valence-electron chi connectivity index (χ2n) is 6.35. The fraction of sp³-hybridized carbons (Fsp3) is 0.190. The lowest BCUT2D eigenvalue weighted by Gasteiger charge is -2.06. The summed E-state index contributed by atoms with van der Waals surface area (Å²) >= 11 is 0. The molecule has 7 heteroatoms. The lowest BCUT2D eigenvalue weighted by atomic mass is 10.1. The Hall–Kier alpha value is -3.61. The zero-order valence-electron chi connectivity index (χ0n) is 15.4. The van der Waals surface area contributed by atoms with Gasteiger partial charge in [-0.15, -0.1) is 0 Å². The molecule has 7 nitrogen and oxygen atoms in total. The molecule has 142 valence electrons. The molecule has 0 aliphatic rings. The van der Waals surface area contributed by atoms with Gasteiger partial charge in [0, 0.05) is 30.9 Å². The first kappa shape index (κ1) is 19.2. The number of pyridine rings is 2. The number of hydrogen-bond donors (Lipinski definition) is 0. The zero-order valence-corrected chi connectivity index (χ0v) is 15.4. The summed E-state index contributed by atoms with van der Waals surface area (Å²) in [6.45, 7) is 2.01. The van der Waals surface area contributed by atoms with Crippen LogP contribution in [0.1, 0.15) is 24.0 Å². The van der Waals surface area contributed by atoms with Crippen molar-refractivity contribution < 1.29 is 14.5 Å². The number of nitro benzene ring substituents is 1. The van der Waals surface area contributed by atoms with Gasteiger partial charge in [-0.05, 0) is 67.3 Å². The molecule has 2 aromatic heterocycles. The van der Waals surface area contributed by atoms with Crippen molar-refractivity contribution in [2.45, 2.75) is 26.2 Å². The van der Waals surface area contributed by atoms with E-state index in [1.54, 1.807) is 12.4 Å². The molecule has 1 aromatic carbocycles. The summed E-state index contributed by atoms with van der Waals surface area (Å²) in [7, 11) is 0. The second-order valence-corrected chi connectivity index (χ2v) is 6.35. The lowest BCUT2D eigenvalue weighted by molar-refractivity contribution is -0.384.